The van der Waals surface area contributed by atoms with E-state index < -0.39 is 16.9 Å². The zero-order chi connectivity index (χ0) is 15.3. The van der Waals surface area contributed by atoms with Crippen molar-refractivity contribution < 1.29 is 4.74 Å². The highest BCUT2D eigenvalue weighted by Crippen LogP contribution is 2.62. The zero-order valence-electron chi connectivity index (χ0n) is 11.8. The zero-order valence-corrected chi connectivity index (χ0v) is 11.8. The number of hydrogen-bond donors (Lipinski definition) is 0. The fraction of sp³-hybridized carbons (Fsp3) is 0.625. The Balaban J connectivity index is 2.28. The summed E-state index contributed by atoms with van der Waals surface area (Å²) in [6.45, 7) is 0. The van der Waals surface area contributed by atoms with Crippen molar-refractivity contribution >= 4 is 0 Å². The Morgan fingerprint density at radius 1 is 1.00 bits per heavy atom. The van der Waals surface area contributed by atoms with Gasteiger partial charge in [0.05, 0.1) is 24.3 Å². The third kappa shape index (κ3) is 1.35. The number of allylic oxidation sites excluding steroid dienone is 1. The Morgan fingerprint density at radius 2 is 1.62 bits per heavy atom. The fourth-order valence-corrected chi connectivity index (χ4v) is 4.51. The molecule has 0 aromatic rings. The first-order chi connectivity index (χ1) is 10.1. The molecule has 3 aliphatic rings. The summed E-state index contributed by atoms with van der Waals surface area (Å²) in [5.41, 5.74) is -1.28. The van der Waals surface area contributed by atoms with Gasteiger partial charge in [0, 0.05) is 13.5 Å². The standard InChI is InChI=1S/C16H14N4O/c1-21-14-13-11-3-2-10(4-11)12(13)5-15(6-17,7-18)16(14,8-19)9-20/h10-11,14H,2-5H2,1H3/t10-,11+,14+/m1/s1. The van der Waals surface area contributed by atoms with Crippen molar-refractivity contribution in [2.24, 2.45) is 22.7 Å². The molecule has 0 aromatic heterocycles. The van der Waals surface area contributed by atoms with Crippen molar-refractivity contribution in [3.05, 3.63) is 11.1 Å². The molecule has 0 spiro atoms. The fourth-order valence-electron chi connectivity index (χ4n) is 4.51. The molecule has 0 aliphatic heterocycles. The minimum atomic E-state index is -1.76. The third-order valence-corrected chi connectivity index (χ3v) is 5.51. The van der Waals surface area contributed by atoms with E-state index in [0.717, 1.165) is 30.4 Å². The van der Waals surface area contributed by atoms with Crippen LogP contribution in [0, 0.1) is 68.0 Å². The highest BCUT2D eigenvalue weighted by Gasteiger charge is 2.66. The van der Waals surface area contributed by atoms with Gasteiger partial charge in [-0.15, -0.1) is 0 Å². The molecule has 3 atom stereocenters. The van der Waals surface area contributed by atoms with E-state index in [4.69, 9.17) is 4.74 Å². The molecule has 2 bridgehead atoms. The summed E-state index contributed by atoms with van der Waals surface area (Å²) in [6.07, 6.45) is 2.55. The number of nitrogens with zero attached hydrogens (tertiary/aromatic N) is 4. The van der Waals surface area contributed by atoms with Crippen molar-refractivity contribution in [3.63, 3.8) is 0 Å². The summed E-state index contributed by atoms with van der Waals surface area (Å²) in [7, 11) is 1.45. The lowest BCUT2D eigenvalue weighted by Gasteiger charge is -2.44. The van der Waals surface area contributed by atoms with E-state index in [1.165, 1.54) is 7.11 Å². The van der Waals surface area contributed by atoms with Crippen LogP contribution >= 0.6 is 0 Å². The maximum absolute atomic E-state index is 9.65. The molecule has 3 rings (SSSR count). The molecule has 0 N–H and O–H groups in total. The molecule has 0 radical (unpaired) electrons. The highest BCUT2D eigenvalue weighted by atomic mass is 16.5. The van der Waals surface area contributed by atoms with E-state index in [0.29, 0.717) is 11.8 Å². The second-order valence-corrected chi connectivity index (χ2v) is 6.14. The lowest BCUT2D eigenvalue weighted by atomic mass is 9.54. The Bertz CT molecular complexity index is 666. The second kappa shape index (κ2) is 4.33. The first-order valence-electron chi connectivity index (χ1n) is 7.03. The van der Waals surface area contributed by atoms with Crippen LogP contribution in [-0.4, -0.2) is 13.2 Å². The summed E-state index contributed by atoms with van der Waals surface area (Å²) in [4.78, 5) is 0. The molecule has 21 heavy (non-hydrogen) atoms. The van der Waals surface area contributed by atoms with Gasteiger partial charge in [0.25, 0.3) is 0 Å². The van der Waals surface area contributed by atoms with E-state index >= 15 is 0 Å². The number of nitriles is 4. The first kappa shape index (κ1) is 13.6. The van der Waals surface area contributed by atoms with Crippen LogP contribution in [0.1, 0.15) is 25.7 Å². The summed E-state index contributed by atoms with van der Waals surface area (Å²) < 4.78 is 5.51. The number of rotatable bonds is 1. The van der Waals surface area contributed by atoms with Gasteiger partial charge in [0.15, 0.2) is 5.41 Å². The summed E-state index contributed by atoms with van der Waals surface area (Å²) in [6, 6.07) is 7.89. The van der Waals surface area contributed by atoms with Crippen molar-refractivity contribution in [2.45, 2.75) is 31.8 Å². The number of hydrogen-bond acceptors (Lipinski definition) is 5. The van der Waals surface area contributed by atoms with Crippen LogP contribution in [-0.2, 0) is 4.74 Å². The molecule has 0 saturated heterocycles. The maximum atomic E-state index is 9.65. The van der Waals surface area contributed by atoms with Gasteiger partial charge in [-0.05, 0) is 36.7 Å². The average molecular weight is 278 g/mol. The molecule has 0 unspecified atom stereocenters. The Labute approximate surface area is 123 Å². The van der Waals surface area contributed by atoms with E-state index in [9.17, 15) is 21.0 Å². The Hall–Kier alpha value is -2.34. The minimum absolute atomic E-state index is 0.206. The van der Waals surface area contributed by atoms with Crippen LogP contribution in [0.4, 0.5) is 0 Å². The van der Waals surface area contributed by atoms with E-state index in [1.807, 2.05) is 24.3 Å². The van der Waals surface area contributed by atoms with Gasteiger partial charge in [0.1, 0.15) is 6.10 Å². The van der Waals surface area contributed by atoms with Crippen LogP contribution in [0.5, 0.6) is 0 Å². The largest absolute Gasteiger partial charge is 0.374 e. The van der Waals surface area contributed by atoms with Gasteiger partial charge < -0.3 is 4.74 Å². The van der Waals surface area contributed by atoms with Gasteiger partial charge in [-0.25, -0.2) is 0 Å². The Kier molecular flexibility index (Phi) is 2.81. The van der Waals surface area contributed by atoms with Gasteiger partial charge >= 0.3 is 0 Å². The molecular formula is C16H14N4O. The topological polar surface area (TPSA) is 104 Å². The van der Waals surface area contributed by atoms with E-state index in [2.05, 4.69) is 0 Å². The Morgan fingerprint density at radius 3 is 2.14 bits per heavy atom. The highest BCUT2D eigenvalue weighted by molar-refractivity contribution is 5.50. The second-order valence-electron chi connectivity index (χ2n) is 6.14. The number of fused-ring (bicyclic) bond motifs is 4. The quantitative estimate of drug-likeness (QED) is 0.684. The van der Waals surface area contributed by atoms with Crippen LogP contribution in [0.15, 0.2) is 11.1 Å². The van der Waals surface area contributed by atoms with Gasteiger partial charge in [-0.3, -0.25) is 0 Å². The van der Waals surface area contributed by atoms with Crippen molar-refractivity contribution in [2.75, 3.05) is 7.11 Å². The van der Waals surface area contributed by atoms with Crippen molar-refractivity contribution in [1.29, 1.82) is 21.0 Å². The molecule has 1 saturated carbocycles. The molecule has 5 nitrogen and oxygen atoms in total. The summed E-state index contributed by atoms with van der Waals surface area (Å²) in [5, 5.41) is 38.5. The lowest BCUT2D eigenvalue weighted by Crippen LogP contribution is -2.52. The number of ether oxygens (including phenoxy) is 1. The summed E-state index contributed by atoms with van der Waals surface area (Å²) in [5.74, 6) is 0.727. The molecular weight excluding hydrogens is 264 g/mol. The summed E-state index contributed by atoms with van der Waals surface area (Å²) >= 11 is 0. The molecule has 0 heterocycles. The smallest absolute Gasteiger partial charge is 0.205 e. The lowest BCUT2D eigenvalue weighted by molar-refractivity contribution is 0.0189. The SMILES string of the molecule is CO[C@H]1C2=C(CC(C#N)(C#N)C1(C#N)C#N)[C@@H]1CC[C@H]2C1. The third-order valence-electron chi connectivity index (χ3n) is 5.51. The van der Waals surface area contributed by atoms with Gasteiger partial charge in [-0.1, -0.05) is 5.57 Å². The minimum Gasteiger partial charge on any atom is -0.374 e. The molecule has 104 valence electrons. The molecule has 0 aromatic carbocycles. The maximum Gasteiger partial charge on any atom is 0.205 e. The van der Waals surface area contributed by atoms with Crippen molar-refractivity contribution in [3.8, 4) is 24.3 Å². The monoisotopic (exact) mass is 278 g/mol. The van der Waals surface area contributed by atoms with Crippen LogP contribution in [0.25, 0.3) is 0 Å². The van der Waals surface area contributed by atoms with Gasteiger partial charge in [-0.2, -0.15) is 21.0 Å². The number of methoxy groups -OCH3 is 1. The molecule has 5 heteroatoms. The van der Waals surface area contributed by atoms with Crippen LogP contribution in [0.3, 0.4) is 0 Å². The van der Waals surface area contributed by atoms with E-state index in [-0.39, 0.29) is 6.42 Å². The molecule has 0 amide bonds. The first-order valence-corrected chi connectivity index (χ1v) is 7.03. The predicted octanol–water partition coefficient (Wildman–Crippen LogP) is 2.20. The van der Waals surface area contributed by atoms with Crippen molar-refractivity contribution in [1.82, 2.24) is 0 Å². The van der Waals surface area contributed by atoms with Crippen LogP contribution < -0.4 is 0 Å². The van der Waals surface area contributed by atoms with Gasteiger partial charge in [0.2, 0.25) is 5.41 Å². The normalized spacial score (nSPS) is 34.2. The van der Waals surface area contributed by atoms with E-state index in [1.54, 1.807) is 0 Å². The molecule has 1 fully saturated rings. The van der Waals surface area contributed by atoms with Crippen LogP contribution in [0.2, 0.25) is 0 Å². The average Bonchev–Trinajstić information content (AvgIpc) is 3.13. The molecule has 3 aliphatic carbocycles. The predicted molar refractivity (Wildman–Crippen MR) is 70.6 cm³/mol.